The zero-order valence-corrected chi connectivity index (χ0v) is 29.6. The molecule has 0 heterocycles. The van der Waals surface area contributed by atoms with Crippen molar-refractivity contribution in [3.05, 3.63) is 144 Å². The lowest BCUT2D eigenvalue weighted by atomic mass is 9.97. The molecule has 0 radical (unpaired) electrons. The Morgan fingerprint density at radius 3 is 0.894 bits per heavy atom. The maximum Gasteiger partial charge on any atom is 0.109 e. The Balaban J connectivity index is 1.70. The number of hydrogen-bond acceptors (Lipinski definition) is 3. The van der Waals surface area contributed by atoms with Crippen LogP contribution in [0.2, 0.25) is 0 Å². The summed E-state index contributed by atoms with van der Waals surface area (Å²) in [5, 5.41) is 0. The first-order valence-electron chi connectivity index (χ1n) is 17.6. The summed E-state index contributed by atoms with van der Waals surface area (Å²) in [5.41, 5.74) is 4.94. The van der Waals surface area contributed by atoms with Crippen molar-refractivity contribution in [3.63, 3.8) is 0 Å². The van der Waals surface area contributed by atoms with Crippen LogP contribution in [0, 0.1) is 17.8 Å². The minimum absolute atomic E-state index is 0.0581. The number of benzene rings is 4. The Hall–Kier alpha value is -3.28. The van der Waals surface area contributed by atoms with Crippen LogP contribution in [0.4, 0.5) is 0 Å². The zero-order valence-electron chi connectivity index (χ0n) is 29.6. The third-order valence-electron chi connectivity index (χ3n) is 9.21. The predicted molar refractivity (Wildman–Crippen MR) is 195 cm³/mol. The van der Waals surface area contributed by atoms with Gasteiger partial charge in [-0.2, -0.15) is 0 Å². The van der Waals surface area contributed by atoms with E-state index < -0.39 is 0 Å². The molecule has 4 nitrogen and oxygen atoms in total. The monoisotopic (exact) mass is 636 g/mol. The fourth-order valence-corrected chi connectivity index (χ4v) is 6.23. The molecule has 3 atom stereocenters. The molecule has 0 amide bonds. The van der Waals surface area contributed by atoms with E-state index in [1.54, 1.807) is 0 Å². The topological polar surface area (TPSA) is 27.7 Å². The van der Waals surface area contributed by atoms with Gasteiger partial charge in [0.15, 0.2) is 0 Å². The molecule has 0 aliphatic heterocycles. The van der Waals surface area contributed by atoms with Gasteiger partial charge in [0.1, 0.15) is 44.5 Å². The van der Waals surface area contributed by atoms with Crippen molar-refractivity contribution in [3.8, 4) is 0 Å². The fraction of sp³-hybridized carbons (Fsp3) is 0.442. The molecule has 4 heteroatoms. The molecule has 0 saturated carbocycles. The van der Waals surface area contributed by atoms with Crippen molar-refractivity contribution in [2.24, 2.45) is 17.8 Å². The predicted octanol–water partition coefficient (Wildman–Crippen LogP) is 9.73. The first-order valence-corrected chi connectivity index (χ1v) is 17.6. The first kappa shape index (κ1) is 36.6. The van der Waals surface area contributed by atoms with Crippen molar-refractivity contribution < 1.29 is 18.7 Å². The summed E-state index contributed by atoms with van der Waals surface area (Å²) < 4.78 is 21.3. The van der Waals surface area contributed by atoms with E-state index in [0.717, 1.165) is 30.7 Å². The van der Waals surface area contributed by atoms with Gasteiger partial charge in [-0.25, -0.2) is 0 Å². The van der Waals surface area contributed by atoms with Crippen LogP contribution in [0.5, 0.6) is 0 Å². The van der Waals surface area contributed by atoms with E-state index in [0.29, 0.717) is 37.6 Å². The number of quaternary nitrogens is 1. The lowest BCUT2D eigenvalue weighted by Gasteiger charge is -2.46. The maximum atomic E-state index is 6.83. The molecule has 0 N–H and O–H groups in total. The quantitative estimate of drug-likeness (QED) is 0.0904. The SMILES string of the molecule is CC(C)[C@H](C[N+](Cc1ccccc1)(C[C@H](OCc1ccccc1)C(C)C)C[C@H](OCc1ccccc1)C(C)C)OCc1ccccc1. The summed E-state index contributed by atoms with van der Waals surface area (Å²) in [7, 11) is 0. The second-order valence-corrected chi connectivity index (χ2v) is 14.3. The van der Waals surface area contributed by atoms with Gasteiger partial charge in [-0.1, -0.05) is 163 Å². The molecule has 0 saturated heterocycles. The molecule has 4 aromatic rings. The van der Waals surface area contributed by atoms with Crippen molar-refractivity contribution >= 4 is 0 Å². The third-order valence-corrected chi connectivity index (χ3v) is 9.21. The van der Waals surface area contributed by atoms with Crippen LogP contribution in [-0.2, 0) is 40.6 Å². The van der Waals surface area contributed by atoms with E-state index in [9.17, 15) is 0 Å². The number of hydrogen-bond donors (Lipinski definition) is 0. The van der Waals surface area contributed by atoms with Crippen LogP contribution in [0.15, 0.2) is 121 Å². The highest BCUT2D eigenvalue weighted by molar-refractivity contribution is 5.16. The standard InChI is InChI=1S/C43H58NO3/c1-34(2)41(45-31-38-21-13-8-14-22-38)28-44(27-37-19-11-7-12-20-37,29-42(35(3)4)46-32-39-23-15-9-16-24-39)30-43(36(5)6)47-33-40-25-17-10-18-26-40/h7-26,34-36,41-43H,27-33H2,1-6H3/q+1/t41-,42-,43-/m0/s1. The Labute approximate surface area is 285 Å². The van der Waals surface area contributed by atoms with Gasteiger partial charge in [0.25, 0.3) is 0 Å². The number of ether oxygens (including phenoxy) is 3. The summed E-state index contributed by atoms with van der Waals surface area (Å²) in [6.45, 7) is 19.1. The number of nitrogens with zero attached hydrogens (tertiary/aromatic N) is 1. The van der Waals surface area contributed by atoms with Gasteiger partial charge in [-0.3, -0.25) is 0 Å². The molecule has 4 rings (SSSR count). The molecule has 47 heavy (non-hydrogen) atoms. The van der Waals surface area contributed by atoms with Crippen LogP contribution >= 0.6 is 0 Å². The summed E-state index contributed by atoms with van der Waals surface area (Å²) in [5.74, 6) is 1.03. The summed E-state index contributed by atoms with van der Waals surface area (Å²) in [6.07, 6.45) is 0.174. The van der Waals surface area contributed by atoms with E-state index in [4.69, 9.17) is 14.2 Å². The molecule has 0 fully saturated rings. The van der Waals surface area contributed by atoms with E-state index in [-0.39, 0.29) is 18.3 Å². The normalized spacial score (nSPS) is 14.1. The van der Waals surface area contributed by atoms with Crippen molar-refractivity contribution in [1.82, 2.24) is 0 Å². The highest BCUT2D eigenvalue weighted by atomic mass is 16.5. The number of rotatable bonds is 20. The Kier molecular flexibility index (Phi) is 14.7. The fourth-order valence-electron chi connectivity index (χ4n) is 6.23. The molecule has 4 aromatic carbocycles. The molecule has 0 aliphatic rings. The van der Waals surface area contributed by atoms with Gasteiger partial charge < -0.3 is 18.7 Å². The average Bonchev–Trinajstić information content (AvgIpc) is 3.08. The van der Waals surface area contributed by atoms with Crippen LogP contribution < -0.4 is 0 Å². The van der Waals surface area contributed by atoms with Gasteiger partial charge in [-0.05, 0) is 34.4 Å². The average molecular weight is 637 g/mol. The maximum absolute atomic E-state index is 6.83. The lowest BCUT2D eigenvalue weighted by molar-refractivity contribution is -0.950. The molecule has 0 aromatic heterocycles. The molecule has 0 spiro atoms. The van der Waals surface area contributed by atoms with E-state index in [1.807, 2.05) is 0 Å². The van der Waals surface area contributed by atoms with E-state index in [1.165, 1.54) is 22.3 Å². The van der Waals surface area contributed by atoms with Crippen molar-refractivity contribution in [2.45, 2.75) is 86.2 Å². The van der Waals surface area contributed by atoms with Gasteiger partial charge in [-0.15, -0.1) is 0 Å². The lowest BCUT2D eigenvalue weighted by Crippen LogP contribution is -2.60. The Bertz CT molecular complexity index is 1240. The summed E-state index contributed by atoms with van der Waals surface area (Å²) in [4.78, 5) is 0. The zero-order chi connectivity index (χ0) is 33.5. The Morgan fingerprint density at radius 2 is 0.638 bits per heavy atom. The second-order valence-electron chi connectivity index (χ2n) is 14.3. The largest absolute Gasteiger partial charge is 0.367 e. The molecular weight excluding hydrogens is 578 g/mol. The van der Waals surface area contributed by atoms with Gasteiger partial charge >= 0.3 is 0 Å². The third kappa shape index (κ3) is 12.4. The first-order chi connectivity index (χ1) is 22.7. The van der Waals surface area contributed by atoms with Crippen LogP contribution in [-0.4, -0.2) is 42.4 Å². The smallest absolute Gasteiger partial charge is 0.109 e. The van der Waals surface area contributed by atoms with Gasteiger partial charge in [0.05, 0.1) is 19.8 Å². The van der Waals surface area contributed by atoms with Crippen molar-refractivity contribution in [2.75, 3.05) is 19.6 Å². The van der Waals surface area contributed by atoms with Crippen LogP contribution in [0.1, 0.15) is 63.8 Å². The van der Waals surface area contributed by atoms with E-state index >= 15 is 0 Å². The van der Waals surface area contributed by atoms with E-state index in [2.05, 4.69) is 163 Å². The highest BCUT2D eigenvalue weighted by Crippen LogP contribution is 2.28. The van der Waals surface area contributed by atoms with Gasteiger partial charge in [0.2, 0.25) is 0 Å². The van der Waals surface area contributed by atoms with Crippen LogP contribution in [0.25, 0.3) is 0 Å². The minimum atomic E-state index is 0.0581. The van der Waals surface area contributed by atoms with Crippen molar-refractivity contribution in [1.29, 1.82) is 0 Å². The molecule has 0 bridgehead atoms. The second kappa shape index (κ2) is 18.9. The summed E-state index contributed by atoms with van der Waals surface area (Å²) >= 11 is 0. The molecule has 252 valence electrons. The summed E-state index contributed by atoms with van der Waals surface area (Å²) in [6, 6.07) is 42.6. The van der Waals surface area contributed by atoms with Crippen LogP contribution in [0.3, 0.4) is 0 Å². The Morgan fingerprint density at radius 1 is 0.383 bits per heavy atom. The molecule has 0 aliphatic carbocycles. The minimum Gasteiger partial charge on any atom is -0.367 e. The molecular formula is C43H58NO3+. The van der Waals surface area contributed by atoms with Gasteiger partial charge in [0, 0.05) is 5.56 Å². The highest BCUT2D eigenvalue weighted by Gasteiger charge is 2.40. The molecule has 0 unspecified atom stereocenters.